The molecule has 27 heavy (non-hydrogen) atoms. The Hall–Kier alpha value is -2.59. The molecular weight excluding hydrogens is 363 g/mol. The van der Waals surface area contributed by atoms with Crippen LogP contribution in [0, 0.1) is 0 Å². The fourth-order valence-corrected chi connectivity index (χ4v) is 4.07. The monoisotopic (exact) mass is 384 g/mol. The standard InChI is InChI=1S/C21H21O5P/c22-20-10-6-17(7-11-20)14-25-27(24,16-19-4-2-1-3-5-19)26-15-18-8-12-21(23)13-9-18/h1-13,22-23H,14-16H2. The summed E-state index contributed by atoms with van der Waals surface area (Å²) in [5.74, 6) is 0.324. The highest BCUT2D eigenvalue weighted by Crippen LogP contribution is 2.52. The van der Waals surface area contributed by atoms with E-state index in [0.29, 0.717) is 0 Å². The van der Waals surface area contributed by atoms with Crippen LogP contribution in [0.2, 0.25) is 0 Å². The zero-order chi connectivity index (χ0) is 19.1. The lowest BCUT2D eigenvalue weighted by Gasteiger charge is -2.19. The zero-order valence-electron chi connectivity index (χ0n) is 14.7. The molecule has 0 unspecified atom stereocenters. The minimum absolute atomic E-state index is 0.111. The maximum absolute atomic E-state index is 13.3. The Morgan fingerprint density at radius 2 is 1.07 bits per heavy atom. The molecular formula is C21H21O5P. The molecule has 0 aliphatic rings. The van der Waals surface area contributed by atoms with Crippen LogP contribution in [0.3, 0.4) is 0 Å². The first kappa shape index (κ1) is 19.2. The van der Waals surface area contributed by atoms with Gasteiger partial charge in [0.15, 0.2) is 0 Å². The van der Waals surface area contributed by atoms with Gasteiger partial charge in [-0.3, -0.25) is 4.57 Å². The summed E-state index contributed by atoms with van der Waals surface area (Å²) in [4.78, 5) is 0. The van der Waals surface area contributed by atoms with Crippen LogP contribution in [0.1, 0.15) is 16.7 Å². The molecule has 3 aromatic carbocycles. The molecule has 2 N–H and O–H groups in total. The van der Waals surface area contributed by atoms with E-state index in [0.717, 1.165) is 16.7 Å². The molecule has 3 rings (SSSR count). The van der Waals surface area contributed by atoms with Crippen molar-refractivity contribution in [2.45, 2.75) is 19.4 Å². The Labute approximate surface area is 158 Å². The summed E-state index contributed by atoms with van der Waals surface area (Å²) in [7, 11) is -3.42. The largest absolute Gasteiger partial charge is 0.508 e. The van der Waals surface area contributed by atoms with Gasteiger partial charge in [-0.1, -0.05) is 54.6 Å². The van der Waals surface area contributed by atoms with Crippen LogP contribution in [0.25, 0.3) is 0 Å². The van der Waals surface area contributed by atoms with E-state index < -0.39 is 7.60 Å². The summed E-state index contributed by atoms with van der Waals surface area (Å²) in [6.07, 6.45) is 0.157. The molecule has 0 aromatic heterocycles. The fourth-order valence-electron chi connectivity index (χ4n) is 2.47. The molecule has 0 saturated carbocycles. The van der Waals surface area contributed by atoms with Crippen molar-refractivity contribution in [3.05, 3.63) is 95.6 Å². The van der Waals surface area contributed by atoms with E-state index in [-0.39, 0.29) is 30.9 Å². The molecule has 0 bridgehead atoms. The lowest BCUT2D eigenvalue weighted by molar-refractivity contribution is 0.190. The molecule has 6 heteroatoms. The molecule has 140 valence electrons. The maximum Gasteiger partial charge on any atom is 0.335 e. The number of phenols is 2. The third-order valence-electron chi connectivity index (χ3n) is 3.95. The van der Waals surface area contributed by atoms with E-state index in [2.05, 4.69) is 0 Å². The smallest absolute Gasteiger partial charge is 0.335 e. The quantitative estimate of drug-likeness (QED) is 0.521. The minimum atomic E-state index is -3.42. The first-order valence-electron chi connectivity index (χ1n) is 8.50. The third-order valence-corrected chi connectivity index (χ3v) is 5.74. The van der Waals surface area contributed by atoms with Crippen molar-refractivity contribution >= 4 is 7.60 Å². The van der Waals surface area contributed by atoms with Gasteiger partial charge in [-0.05, 0) is 41.0 Å². The number of phenolic OH excluding ortho intramolecular Hbond substituents is 2. The first-order valence-corrected chi connectivity index (χ1v) is 10.2. The van der Waals surface area contributed by atoms with Gasteiger partial charge in [-0.15, -0.1) is 0 Å². The van der Waals surface area contributed by atoms with Crippen molar-refractivity contribution < 1.29 is 23.8 Å². The lowest BCUT2D eigenvalue weighted by Crippen LogP contribution is -2.00. The van der Waals surface area contributed by atoms with Crippen molar-refractivity contribution in [3.63, 3.8) is 0 Å². The van der Waals surface area contributed by atoms with E-state index in [1.165, 1.54) is 0 Å². The average Bonchev–Trinajstić information content (AvgIpc) is 2.68. The molecule has 0 saturated heterocycles. The maximum atomic E-state index is 13.3. The highest BCUT2D eigenvalue weighted by molar-refractivity contribution is 7.52. The Balaban J connectivity index is 1.71. The number of hydrogen-bond acceptors (Lipinski definition) is 5. The number of aromatic hydroxyl groups is 2. The molecule has 0 atom stereocenters. The van der Waals surface area contributed by atoms with Crippen molar-refractivity contribution in [3.8, 4) is 11.5 Å². The van der Waals surface area contributed by atoms with Crippen LogP contribution >= 0.6 is 7.60 Å². The summed E-state index contributed by atoms with van der Waals surface area (Å²) < 4.78 is 24.7. The topological polar surface area (TPSA) is 76.0 Å². The molecule has 0 heterocycles. The molecule has 3 aromatic rings. The first-order chi connectivity index (χ1) is 13.0. The third kappa shape index (κ3) is 5.97. The van der Waals surface area contributed by atoms with Crippen LogP contribution in [-0.2, 0) is 33.0 Å². The second kappa shape index (κ2) is 8.87. The zero-order valence-corrected chi connectivity index (χ0v) is 15.6. The Kier molecular flexibility index (Phi) is 6.30. The fraction of sp³-hybridized carbons (Fsp3) is 0.143. The molecule has 0 amide bonds. The highest BCUT2D eigenvalue weighted by Gasteiger charge is 2.25. The Bertz CT molecular complexity index is 839. The predicted molar refractivity (Wildman–Crippen MR) is 104 cm³/mol. The second-order valence-electron chi connectivity index (χ2n) is 6.13. The van der Waals surface area contributed by atoms with Gasteiger partial charge in [-0.25, -0.2) is 0 Å². The van der Waals surface area contributed by atoms with Gasteiger partial charge < -0.3 is 19.3 Å². The van der Waals surface area contributed by atoms with Crippen molar-refractivity contribution in [1.29, 1.82) is 0 Å². The molecule has 0 aliphatic heterocycles. The van der Waals surface area contributed by atoms with Gasteiger partial charge in [0.05, 0.1) is 19.4 Å². The average molecular weight is 384 g/mol. The van der Waals surface area contributed by atoms with Gasteiger partial charge >= 0.3 is 7.60 Å². The molecule has 0 aliphatic carbocycles. The summed E-state index contributed by atoms with van der Waals surface area (Å²) in [6, 6.07) is 22.4. The van der Waals surface area contributed by atoms with Gasteiger partial charge in [0, 0.05) is 0 Å². The number of benzene rings is 3. The molecule has 0 radical (unpaired) electrons. The van der Waals surface area contributed by atoms with Gasteiger partial charge in [0.25, 0.3) is 0 Å². The number of rotatable bonds is 8. The van der Waals surface area contributed by atoms with Crippen LogP contribution < -0.4 is 0 Å². The van der Waals surface area contributed by atoms with E-state index in [1.807, 2.05) is 30.3 Å². The molecule has 0 fully saturated rings. The normalized spacial score (nSPS) is 11.4. The van der Waals surface area contributed by atoms with Gasteiger partial charge in [-0.2, -0.15) is 0 Å². The number of hydrogen-bond donors (Lipinski definition) is 2. The van der Waals surface area contributed by atoms with Crippen molar-refractivity contribution in [2.75, 3.05) is 0 Å². The van der Waals surface area contributed by atoms with Gasteiger partial charge in [0.2, 0.25) is 0 Å². The predicted octanol–water partition coefficient (Wildman–Crippen LogP) is 5.22. The lowest BCUT2D eigenvalue weighted by atomic mass is 10.2. The van der Waals surface area contributed by atoms with E-state index >= 15 is 0 Å². The molecule has 0 spiro atoms. The highest BCUT2D eigenvalue weighted by atomic mass is 31.2. The summed E-state index contributed by atoms with van der Waals surface area (Å²) >= 11 is 0. The summed E-state index contributed by atoms with van der Waals surface area (Å²) in [5.41, 5.74) is 2.43. The van der Waals surface area contributed by atoms with Crippen LogP contribution in [-0.4, -0.2) is 10.2 Å². The Morgan fingerprint density at radius 3 is 1.52 bits per heavy atom. The van der Waals surface area contributed by atoms with Crippen LogP contribution in [0.4, 0.5) is 0 Å². The SMILES string of the molecule is O=P(Cc1ccccc1)(OCc1ccc(O)cc1)OCc1ccc(O)cc1. The van der Waals surface area contributed by atoms with Crippen LogP contribution in [0.5, 0.6) is 11.5 Å². The summed E-state index contributed by atoms with van der Waals surface area (Å²) in [5, 5.41) is 18.7. The summed E-state index contributed by atoms with van der Waals surface area (Å²) in [6.45, 7) is 0.222. The minimum Gasteiger partial charge on any atom is -0.508 e. The van der Waals surface area contributed by atoms with Crippen molar-refractivity contribution in [1.82, 2.24) is 0 Å². The van der Waals surface area contributed by atoms with E-state index in [4.69, 9.17) is 9.05 Å². The van der Waals surface area contributed by atoms with Crippen LogP contribution in [0.15, 0.2) is 78.9 Å². The molecule has 5 nitrogen and oxygen atoms in total. The van der Waals surface area contributed by atoms with E-state index in [1.54, 1.807) is 48.5 Å². The van der Waals surface area contributed by atoms with E-state index in [9.17, 15) is 14.8 Å². The Morgan fingerprint density at radius 1 is 0.630 bits per heavy atom. The second-order valence-corrected chi connectivity index (χ2v) is 8.19. The van der Waals surface area contributed by atoms with Crippen molar-refractivity contribution in [2.24, 2.45) is 0 Å². The van der Waals surface area contributed by atoms with Gasteiger partial charge in [0.1, 0.15) is 11.5 Å².